The summed E-state index contributed by atoms with van der Waals surface area (Å²) >= 11 is 3.37. The molecule has 0 radical (unpaired) electrons. The summed E-state index contributed by atoms with van der Waals surface area (Å²) < 4.78 is 0.950. The van der Waals surface area contributed by atoms with Crippen LogP contribution in [0.4, 0.5) is 11.4 Å². The second kappa shape index (κ2) is 6.54. The third-order valence-corrected chi connectivity index (χ3v) is 4.40. The van der Waals surface area contributed by atoms with Crippen molar-refractivity contribution in [1.82, 2.24) is 0 Å². The Labute approximate surface area is 143 Å². The second-order valence-electron chi connectivity index (χ2n) is 5.65. The first kappa shape index (κ1) is 15.7. The summed E-state index contributed by atoms with van der Waals surface area (Å²) in [4.78, 5) is 26.4. The van der Waals surface area contributed by atoms with E-state index in [1.807, 2.05) is 30.3 Å². The molecular weight excluding hydrogens is 356 g/mol. The molecule has 0 atom stereocenters. The molecule has 23 heavy (non-hydrogen) atoms. The van der Waals surface area contributed by atoms with Gasteiger partial charge in [0.2, 0.25) is 5.91 Å². The number of hydrogen-bond donors (Lipinski definition) is 1. The Bertz CT molecular complexity index is 739. The average molecular weight is 373 g/mol. The highest BCUT2D eigenvalue weighted by Crippen LogP contribution is 2.33. The lowest BCUT2D eigenvalue weighted by molar-refractivity contribution is -0.119. The molecule has 0 aromatic heterocycles. The van der Waals surface area contributed by atoms with E-state index in [0.717, 1.165) is 17.3 Å². The van der Waals surface area contributed by atoms with Gasteiger partial charge in [0.1, 0.15) is 0 Å². The molecule has 1 N–H and O–H groups in total. The van der Waals surface area contributed by atoms with Gasteiger partial charge in [-0.2, -0.15) is 0 Å². The molecule has 0 aliphatic heterocycles. The summed E-state index contributed by atoms with van der Waals surface area (Å²) in [6.45, 7) is 0. The number of rotatable bonds is 4. The van der Waals surface area contributed by atoms with Gasteiger partial charge in [0.15, 0.2) is 0 Å². The Kier molecular flexibility index (Phi) is 4.48. The summed E-state index contributed by atoms with van der Waals surface area (Å²) in [5, 5.41) is 2.87. The number of anilines is 2. The van der Waals surface area contributed by atoms with Crippen molar-refractivity contribution in [2.45, 2.75) is 12.8 Å². The summed E-state index contributed by atoms with van der Waals surface area (Å²) in [6, 6.07) is 14.6. The van der Waals surface area contributed by atoms with Crippen LogP contribution in [-0.4, -0.2) is 18.9 Å². The molecule has 1 aliphatic rings. The van der Waals surface area contributed by atoms with E-state index >= 15 is 0 Å². The fraction of sp³-hybridized carbons (Fsp3) is 0.222. The molecule has 118 valence electrons. The summed E-state index contributed by atoms with van der Waals surface area (Å²) in [7, 11) is 1.73. The number of amides is 2. The molecule has 2 amide bonds. The van der Waals surface area contributed by atoms with Crippen molar-refractivity contribution >= 4 is 39.1 Å². The Morgan fingerprint density at radius 2 is 1.74 bits per heavy atom. The SMILES string of the molecule is CN(C(=O)C1CC1)c1ccccc1C(=O)Nc1ccc(Br)cc1. The minimum atomic E-state index is -0.224. The number of halogens is 1. The van der Waals surface area contributed by atoms with Gasteiger partial charge in [-0.05, 0) is 49.2 Å². The van der Waals surface area contributed by atoms with E-state index in [0.29, 0.717) is 16.9 Å². The summed E-state index contributed by atoms with van der Waals surface area (Å²) in [5.41, 5.74) is 1.84. The Hall–Kier alpha value is -2.14. The van der Waals surface area contributed by atoms with E-state index in [1.54, 1.807) is 30.1 Å². The Balaban J connectivity index is 1.82. The molecule has 1 aliphatic carbocycles. The minimum Gasteiger partial charge on any atom is -0.322 e. The zero-order valence-corrected chi connectivity index (χ0v) is 14.3. The highest BCUT2D eigenvalue weighted by atomic mass is 79.9. The van der Waals surface area contributed by atoms with Gasteiger partial charge in [0.25, 0.3) is 5.91 Å². The topological polar surface area (TPSA) is 49.4 Å². The molecule has 4 nitrogen and oxygen atoms in total. The van der Waals surface area contributed by atoms with Crippen molar-refractivity contribution in [3.63, 3.8) is 0 Å². The normalized spacial score (nSPS) is 13.5. The summed E-state index contributed by atoms with van der Waals surface area (Å²) in [6.07, 6.45) is 1.88. The van der Waals surface area contributed by atoms with E-state index < -0.39 is 0 Å². The Morgan fingerprint density at radius 3 is 2.39 bits per heavy atom. The molecule has 5 heteroatoms. The highest BCUT2D eigenvalue weighted by molar-refractivity contribution is 9.10. The maximum absolute atomic E-state index is 12.6. The maximum atomic E-state index is 12.6. The van der Waals surface area contributed by atoms with Crippen LogP contribution in [0.2, 0.25) is 0 Å². The van der Waals surface area contributed by atoms with Gasteiger partial charge >= 0.3 is 0 Å². The van der Waals surface area contributed by atoms with Crippen LogP contribution in [0.3, 0.4) is 0 Å². The van der Waals surface area contributed by atoms with Crippen LogP contribution < -0.4 is 10.2 Å². The zero-order chi connectivity index (χ0) is 16.4. The first-order chi connectivity index (χ1) is 11.1. The molecule has 1 fully saturated rings. The lowest BCUT2D eigenvalue weighted by atomic mass is 10.1. The predicted molar refractivity (Wildman–Crippen MR) is 94.7 cm³/mol. The highest BCUT2D eigenvalue weighted by Gasteiger charge is 2.33. The van der Waals surface area contributed by atoms with Crippen molar-refractivity contribution in [2.24, 2.45) is 5.92 Å². The number of nitrogens with zero attached hydrogens (tertiary/aromatic N) is 1. The van der Waals surface area contributed by atoms with Crippen molar-refractivity contribution < 1.29 is 9.59 Å². The van der Waals surface area contributed by atoms with E-state index in [4.69, 9.17) is 0 Å². The van der Waals surface area contributed by atoms with Crippen LogP contribution in [0.25, 0.3) is 0 Å². The predicted octanol–water partition coefficient (Wildman–Crippen LogP) is 4.07. The van der Waals surface area contributed by atoms with E-state index in [1.165, 1.54) is 0 Å². The quantitative estimate of drug-likeness (QED) is 0.878. The maximum Gasteiger partial charge on any atom is 0.257 e. The van der Waals surface area contributed by atoms with Crippen molar-refractivity contribution in [3.05, 3.63) is 58.6 Å². The third-order valence-electron chi connectivity index (χ3n) is 3.87. The average Bonchev–Trinajstić information content (AvgIpc) is 3.40. The molecule has 0 heterocycles. The number of carbonyl (C=O) groups excluding carboxylic acids is 2. The van der Waals surface area contributed by atoms with Gasteiger partial charge in [0.05, 0.1) is 11.3 Å². The van der Waals surface area contributed by atoms with E-state index in [-0.39, 0.29) is 17.7 Å². The van der Waals surface area contributed by atoms with Gasteiger partial charge in [-0.25, -0.2) is 0 Å². The minimum absolute atomic E-state index is 0.0777. The monoisotopic (exact) mass is 372 g/mol. The van der Waals surface area contributed by atoms with Crippen LogP contribution in [0, 0.1) is 5.92 Å². The van der Waals surface area contributed by atoms with Gasteiger partial charge in [-0.15, -0.1) is 0 Å². The second-order valence-corrected chi connectivity index (χ2v) is 6.57. The van der Waals surface area contributed by atoms with E-state index in [9.17, 15) is 9.59 Å². The van der Waals surface area contributed by atoms with Crippen molar-refractivity contribution in [3.8, 4) is 0 Å². The summed E-state index contributed by atoms with van der Waals surface area (Å²) in [5.74, 6) is -0.0325. The number of hydrogen-bond acceptors (Lipinski definition) is 2. The van der Waals surface area contributed by atoms with Crippen LogP contribution in [-0.2, 0) is 4.79 Å². The van der Waals surface area contributed by atoms with Gasteiger partial charge < -0.3 is 10.2 Å². The van der Waals surface area contributed by atoms with Crippen LogP contribution >= 0.6 is 15.9 Å². The fourth-order valence-corrected chi connectivity index (χ4v) is 2.68. The van der Waals surface area contributed by atoms with Crippen LogP contribution in [0.15, 0.2) is 53.0 Å². The molecule has 3 rings (SSSR count). The molecule has 0 unspecified atom stereocenters. The molecular formula is C18H17BrN2O2. The Morgan fingerprint density at radius 1 is 1.09 bits per heavy atom. The fourth-order valence-electron chi connectivity index (χ4n) is 2.41. The molecule has 0 bridgehead atoms. The van der Waals surface area contributed by atoms with Crippen LogP contribution in [0.5, 0.6) is 0 Å². The first-order valence-electron chi connectivity index (χ1n) is 7.50. The molecule has 1 saturated carbocycles. The van der Waals surface area contributed by atoms with Gasteiger partial charge in [0, 0.05) is 23.1 Å². The van der Waals surface area contributed by atoms with Gasteiger partial charge in [-0.3, -0.25) is 9.59 Å². The number of nitrogens with one attached hydrogen (secondary N) is 1. The lowest BCUT2D eigenvalue weighted by Gasteiger charge is -2.20. The first-order valence-corrected chi connectivity index (χ1v) is 8.29. The number of benzene rings is 2. The van der Waals surface area contributed by atoms with E-state index in [2.05, 4.69) is 21.2 Å². The lowest BCUT2D eigenvalue weighted by Crippen LogP contribution is -2.29. The molecule has 0 spiro atoms. The van der Waals surface area contributed by atoms with Gasteiger partial charge in [-0.1, -0.05) is 28.1 Å². The largest absolute Gasteiger partial charge is 0.322 e. The number of para-hydroxylation sites is 1. The van der Waals surface area contributed by atoms with Crippen molar-refractivity contribution in [1.29, 1.82) is 0 Å². The van der Waals surface area contributed by atoms with Crippen molar-refractivity contribution in [2.75, 3.05) is 17.3 Å². The standard InChI is InChI=1S/C18H17BrN2O2/c1-21(18(23)12-6-7-12)16-5-3-2-4-15(16)17(22)20-14-10-8-13(19)9-11-14/h2-5,8-12H,6-7H2,1H3,(H,20,22). The molecule has 2 aromatic carbocycles. The smallest absolute Gasteiger partial charge is 0.257 e. The zero-order valence-electron chi connectivity index (χ0n) is 12.8. The molecule has 0 saturated heterocycles. The number of carbonyl (C=O) groups is 2. The molecule has 2 aromatic rings. The van der Waals surface area contributed by atoms with Crippen LogP contribution in [0.1, 0.15) is 23.2 Å². The third kappa shape index (κ3) is 3.62.